The predicted molar refractivity (Wildman–Crippen MR) is 163 cm³/mol. The van der Waals surface area contributed by atoms with E-state index in [0.29, 0.717) is 37.0 Å². The smallest absolute Gasteiger partial charge is 0.262 e. The molecule has 4 aromatic rings. The van der Waals surface area contributed by atoms with Crippen LogP contribution >= 0.6 is 23.2 Å². The number of sulfonamides is 1. The number of nitrogens with zero attached hydrogens (tertiary/aromatic N) is 4. The molecule has 1 fully saturated rings. The average molecular weight is 642 g/mol. The van der Waals surface area contributed by atoms with Crippen molar-refractivity contribution in [1.82, 2.24) is 20.2 Å². The van der Waals surface area contributed by atoms with Gasteiger partial charge in [-0.15, -0.1) is 0 Å². The van der Waals surface area contributed by atoms with Gasteiger partial charge in [-0.05, 0) is 54.6 Å². The molecule has 2 heterocycles. The molecular formula is C29H26Cl2N6O5S. The first kappa shape index (κ1) is 30.1. The highest BCUT2D eigenvalue weighted by molar-refractivity contribution is 7.92. The molecule has 11 nitrogen and oxygen atoms in total. The average Bonchev–Trinajstić information content (AvgIpc) is 3.02. The van der Waals surface area contributed by atoms with Gasteiger partial charge in [-0.1, -0.05) is 35.3 Å². The Morgan fingerprint density at radius 3 is 2.35 bits per heavy atom. The molecule has 1 aliphatic rings. The van der Waals surface area contributed by atoms with E-state index in [2.05, 4.69) is 20.0 Å². The fourth-order valence-corrected chi connectivity index (χ4v) is 5.83. The Hall–Kier alpha value is -4.39. The number of benzene rings is 3. The molecule has 43 heavy (non-hydrogen) atoms. The molecule has 1 aliphatic heterocycles. The minimum atomic E-state index is -4.04. The van der Waals surface area contributed by atoms with Gasteiger partial charge < -0.3 is 19.9 Å². The van der Waals surface area contributed by atoms with E-state index in [1.165, 1.54) is 30.3 Å². The van der Waals surface area contributed by atoms with Crippen molar-refractivity contribution in [3.8, 4) is 11.5 Å². The molecule has 3 aromatic carbocycles. The Balaban J connectivity index is 1.16. The molecule has 0 bridgehead atoms. The number of amides is 2. The van der Waals surface area contributed by atoms with Crippen molar-refractivity contribution in [3.63, 3.8) is 0 Å². The molecule has 14 heteroatoms. The van der Waals surface area contributed by atoms with Crippen molar-refractivity contribution in [2.24, 2.45) is 0 Å². The number of nitrogens with one attached hydrogen (secondary N) is 2. The predicted octanol–water partition coefficient (Wildman–Crippen LogP) is 4.46. The van der Waals surface area contributed by atoms with Gasteiger partial charge in [0.2, 0.25) is 5.91 Å². The molecule has 222 valence electrons. The second kappa shape index (κ2) is 13.3. The maximum atomic E-state index is 13.1. The van der Waals surface area contributed by atoms with Gasteiger partial charge in [0.25, 0.3) is 15.9 Å². The van der Waals surface area contributed by atoms with Gasteiger partial charge in [-0.3, -0.25) is 19.3 Å². The first-order valence-corrected chi connectivity index (χ1v) is 15.4. The van der Waals surface area contributed by atoms with Crippen molar-refractivity contribution in [2.45, 2.75) is 4.90 Å². The molecule has 5 rings (SSSR count). The number of ether oxygens (including phenoxy) is 1. The Labute approximate surface area is 258 Å². The lowest BCUT2D eigenvalue weighted by atomic mass is 10.2. The number of carbonyl (C=O) groups excluding carboxylic acids is 2. The molecule has 0 unspecified atom stereocenters. The Morgan fingerprint density at radius 2 is 1.65 bits per heavy atom. The number of piperazine rings is 1. The number of hydrogen-bond donors (Lipinski definition) is 2. The van der Waals surface area contributed by atoms with Crippen LogP contribution in [0.25, 0.3) is 0 Å². The summed E-state index contributed by atoms with van der Waals surface area (Å²) in [5.41, 5.74) is 0.395. The fraction of sp³-hybridized carbons (Fsp3) is 0.172. The van der Waals surface area contributed by atoms with Gasteiger partial charge >= 0.3 is 0 Å². The van der Waals surface area contributed by atoms with Crippen molar-refractivity contribution in [1.29, 1.82) is 0 Å². The summed E-state index contributed by atoms with van der Waals surface area (Å²) in [6.07, 6.45) is 4.90. The van der Waals surface area contributed by atoms with Crippen LogP contribution in [0.15, 0.2) is 90.2 Å². The van der Waals surface area contributed by atoms with Crippen molar-refractivity contribution in [2.75, 3.05) is 42.3 Å². The molecule has 1 saturated heterocycles. The lowest BCUT2D eigenvalue weighted by Crippen LogP contribution is -2.51. The summed E-state index contributed by atoms with van der Waals surface area (Å²) in [6.45, 7) is 2.01. The second-order valence-corrected chi connectivity index (χ2v) is 11.9. The summed E-state index contributed by atoms with van der Waals surface area (Å²) < 4.78 is 34.6. The molecular weight excluding hydrogens is 615 g/mol. The highest BCUT2D eigenvalue weighted by atomic mass is 35.5. The van der Waals surface area contributed by atoms with E-state index in [0.717, 1.165) is 5.82 Å². The largest absolute Gasteiger partial charge is 0.454 e. The third-order valence-corrected chi connectivity index (χ3v) is 8.49. The van der Waals surface area contributed by atoms with Crippen LogP contribution < -0.4 is 19.7 Å². The summed E-state index contributed by atoms with van der Waals surface area (Å²) in [6, 6.07) is 16.6. The van der Waals surface area contributed by atoms with Gasteiger partial charge in [0.1, 0.15) is 11.6 Å². The maximum absolute atomic E-state index is 13.1. The topological polar surface area (TPSA) is 134 Å². The third kappa shape index (κ3) is 7.53. The molecule has 1 aromatic heterocycles. The number of carbonyl (C=O) groups is 2. The number of anilines is 2. The number of para-hydroxylation sites is 2. The number of aromatic nitrogens is 2. The molecule has 2 amide bonds. The summed E-state index contributed by atoms with van der Waals surface area (Å²) in [4.78, 5) is 37.3. The van der Waals surface area contributed by atoms with Gasteiger partial charge in [0.05, 0.1) is 28.3 Å². The van der Waals surface area contributed by atoms with Crippen molar-refractivity contribution in [3.05, 3.63) is 101 Å². The molecule has 0 spiro atoms. The molecule has 0 saturated carbocycles. The van der Waals surface area contributed by atoms with Gasteiger partial charge in [0.15, 0.2) is 5.75 Å². The Morgan fingerprint density at radius 1 is 0.907 bits per heavy atom. The van der Waals surface area contributed by atoms with Crippen LogP contribution in [-0.4, -0.2) is 67.8 Å². The zero-order valence-corrected chi connectivity index (χ0v) is 24.9. The Bertz CT molecular complexity index is 1720. The number of halogens is 2. The Kier molecular flexibility index (Phi) is 9.29. The SMILES string of the molecule is O=C(NCC(=O)N1CCN(c2cnccn2)CC1)c1ccc(S(=O)(=O)Nc2ccccc2Oc2ccc(Cl)cc2Cl)cc1. The second-order valence-electron chi connectivity index (χ2n) is 9.42. The lowest BCUT2D eigenvalue weighted by molar-refractivity contribution is -0.130. The minimum absolute atomic E-state index is 0.0690. The number of hydrogen-bond acceptors (Lipinski definition) is 8. The summed E-state index contributed by atoms with van der Waals surface area (Å²) in [5.74, 6) is 0.573. The van der Waals surface area contributed by atoms with E-state index < -0.39 is 15.9 Å². The normalized spacial score (nSPS) is 13.3. The van der Waals surface area contributed by atoms with Crippen LogP contribution in [0.1, 0.15) is 10.4 Å². The molecule has 0 atom stereocenters. The number of rotatable bonds is 9. The van der Waals surface area contributed by atoms with Gasteiger partial charge in [-0.25, -0.2) is 13.4 Å². The van der Waals surface area contributed by atoms with E-state index >= 15 is 0 Å². The van der Waals surface area contributed by atoms with Gasteiger partial charge in [-0.2, -0.15) is 0 Å². The maximum Gasteiger partial charge on any atom is 0.262 e. The summed E-state index contributed by atoms with van der Waals surface area (Å²) in [7, 11) is -4.04. The summed E-state index contributed by atoms with van der Waals surface area (Å²) in [5, 5.41) is 3.31. The summed E-state index contributed by atoms with van der Waals surface area (Å²) >= 11 is 12.1. The third-order valence-electron chi connectivity index (χ3n) is 6.58. The van der Waals surface area contributed by atoms with Crippen LogP contribution in [0.3, 0.4) is 0 Å². The highest BCUT2D eigenvalue weighted by Crippen LogP contribution is 2.35. The van der Waals surface area contributed by atoms with Crippen LogP contribution in [0.2, 0.25) is 10.0 Å². The van der Waals surface area contributed by atoms with Crippen LogP contribution in [0.4, 0.5) is 11.5 Å². The molecule has 0 radical (unpaired) electrons. The van der Waals surface area contributed by atoms with E-state index in [1.54, 1.807) is 59.9 Å². The van der Waals surface area contributed by atoms with E-state index in [4.69, 9.17) is 27.9 Å². The van der Waals surface area contributed by atoms with E-state index in [1.807, 2.05) is 4.90 Å². The van der Waals surface area contributed by atoms with E-state index in [-0.39, 0.29) is 39.4 Å². The highest BCUT2D eigenvalue weighted by Gasteiger charge is 2.23. The molecule has 2 N–H and O–H groups in total. The zero-order valence-electron chi connectivity index (χ0n) is 22.6. The monoisotopic (exact) mass is 640 g/mol. The first-order chi connectivity index (χ1) is 20.7. The molecule has 0 aliphatic carbocycles. The van der Waals surface area contributed by atoms with Gasteiger partial charge in [0, 0.05) is 49.2 Å². The minimum Gasteiger partial charge on any atom is -0.454 e. The standard InChI is InChI=1S/C29H26Cl2N6O5S/c30-21-7-10-25(23(31)17-21)42-26-4-2-1-3-24(26)35-43(40,41)22-8-5-20(6-9-22)29(39)34-19-28(38)37-15-13-36(14-16-37)27-18-32-11-12-33-27/h1-12,17-18,35H,13-16,19H2,(H,34,39). The quantitative estimate of drug-likeness (QED) is 0.274. The van der Waals surface area contributed by atoms with Crippen molar-refractivity contribution >= 4 is 56.5 Å². The zero-order chi connectivity index (χ0) is 30.4. The lowest BCUT2D eigenvalue weighted by Gasteiger charge is -2.35. The van der Waals surface area contributed by atoms with Crippen LogP contribution in [-0.2, 0) is 14.8 Å². The fourth-order valence-electron chi connectivity index (χ4n) is 4.31. The van der Waals surface area contributed by atoms with Crippen LogP contribution in [0.5, 0.6) is 11.5 Å². The van der Waals surface area contributed by atoms with E-state index in [9.17, 15) is 18.0 Å². The van der Waals surface area contributed by atoms with Crippen LogP contribution in [0, 0.1) is 0 Å². The first-order valence-electron chi connectivity index (χ1n) is 13.1. The van der Waals surface area contributed by atoms with Crippen molar-refractivity contribution < 1.29 is 22.7 Å².